The number of likely N-dealkylation sites (tertiary alicyclic amines) is 1. The van der Waals surface area contributed by atoms with E-state index in [2.05, 4.69) is 34.4 Å². The first-order valence-corrected chi connectivity index (χ1v) is 9.06. The fourth-order valence-corrected chi connectivity index (χ4v) is 3.77. The van der Waals surface area contributed by atoms with E-state index in [1.165, 1.54) is 12.8 Å². The second-order valence-electron chi connectivity index (χ2n) is 7.67. The van der Waals surface area contributed by atoms with Crippen molar-refractivity contribution in [1.29, 1.82) is 0 Å². The van der Waals surface area contributed by atoms with Crippen LogP contribution < -0.4 is 0 Å². The molecule has 8 heteroatoms. The van der Waals surface area contributed by atoms with Gasteiger partial charge < -0.3 is 4.90 Å². The molecule has 2 fully saturated rings. The lowest BCUT2D eigenvalue weighted by molar-refractivity contribution is -0.129. The third-order valence-corrected chi connectivity index (χ3v) is 5.47. The summed E-state index contributed by atoms with van der Waals surface area (Å²) in [5.74, 6) is 3.72. The van der Waals surface area contributed by atoms with Gasteiger partial charge in [0.25, 0.3) is 0 Å². The van der Waals surface area contributed by atoms with Crippen LogP contribution in [0.1, 0.15) is 55.9 Å². The molecule has 3 heterocycles. The van der Waals surface area contributed by atoms with E-state index in [-0.39, 0.29) is 11.8 Å². The Labute approximate surface area is 147 Å². The maximum absolute atomic E-state index is 12.8. The molecule has 0 unspecified atom stereocenters. The van der Waals surface area contributed by atoms with Crippen LogP contribution in [-0.4, -0.2) is 54.1 Å². The standard InChI is InChI=1S/C17H25N7O/c1-10(2)16-19-17(21-20-16)14-9-24(8-13(14)11-4-5-11)15(25)6-12-7-18-22-23(12)3/h7,10-11,13-14H,4-6,8-9H2,1-3H3,(H,19,20,21)/t13-,14+/m1/s1. The largest absolute Gasteiger partial charge is 0.341 e. The molecule has 2 aliphatic rings. The van der Waals surface area contributed by atoms with Gasteiger partial charge in [0.1, 0.15) is 5.82 Å². The van der Waals surface area contributed by atoms with Crippen LogP contribution >= 0.6 is 0 Å². The van der Waals surface area contributed by atoms with Crippen molar-refractivity contribution in [3.63, 3.8) is 0 Å². The van der Waals surface area contributed by atoms with E-state index >= 15 is 0 Å². The number of hydrogen-bond donors (Lipinski definition) is 1. The predicted octanol–water partition coefficient (Wildman–Crippen LogP) is 1.25. The molecule has 0 spiro atoms. The topological polar surface area (TPSA) is 92.6 Å². The molecule has 1 saturated heterocycles. The highest BCUT2D eigenvalue weighted by Crippen LogP contribution is 2.47. The number of carbonyl (C=O) groups is 1. The highest BCUT2D eigenvalue weighted by Gasteiger charge is 2.45. The highest BCUT2D eigenvalue weighted by molar-refractivity contribution is 5.78. The van der Waals surface area contributed by atoms with E-state index in [0.717, 1.165) is 30.4 Å². The number of nitrogens with one attached hydrogen (secondary N) is 1. The third kappa shape index (κ3) is 3.17. The quantitative estimate of drug-likeness (QED) is 0.882. The molecule has 2 aromatic rings. The van der Waals surface area contributed by atoms with Crippen molar-refractivity contribution in [1.82, 2.24) is 35.1 Å². The molecule has 0 radical (unpaired) electrons. The zero-order valence-electron chi connectivity index (χ0n) is 15.0. The Morgan fingerprint density at radius 3 is 2.76 bits per heavy atom. The summed E-state index contributed by atoms with van der Waals surface area (Å²) in [6, 6.07) is 0. The van der Waals surface area contributed by atoms with E-state index in [0.29, 0.717) is 24.2 Å². The summed E-state index contributed by atoms with van der Waals surface area (Å²) < 4.78 is 1.66. The van der Waals surface area contributed by atoms with Crippen LogP contribution in [0.4, 0.5) is 0 Å². The lowest BCUT2D eigenvalue weighted by atomic mass is 9.91. The molecule has 0 bridgehead atoms. The first-order valence-electron chi connectivity index (χ1n) is 9.06. The minimum absolute atomic E-state index is 0.141. The van der Waals surface area contributed by atoms with Crippen LogP contribution in [0.15, 0.2) is 6.20 Å². The van der Waals surface area contributed by atoms with Crippen molar-refractivity contribution in [2.24, 2.45) is 18.9 Å². The highest BCUT2D eigenvalue weighted by atomic mass is 16.2. The average Bonchev–Trinajstić information content (AvgIpc) is 3.00. The lowest BCUT2D eigenvalue weighted by Crippen LogP contribution is -2.31. The van der Waals surface area contributed by atoms with E-state index < -0.39 is 0 Å². The Morgan fingerprint density at radius 1 is 1.36 bits per heavy atom. The second-order valence-corrected chi connectivity index (χ2v) is 7.67. The van der Waals surface area contributed by atoms with Gasteiger partial charge in [0, 0.05) is 32.0 Å². The van der Waals surface area contributed by atoms with Gasteiger partial charge in [-0.25, -0.2) is 4.98 Å². The van der Waals surface area contributed by atoms with E-state index in [1.54, 1.807) is 10.9 Å². The minimum atomic E-state index is 0.141. The SMILES string of the molecule is CC(C)c1n[nH]c([C@H]2CN(C(=O)Cc3cnnn3C)C[C@@H]2C2CC2)n1. The molecule has 8 nitrogen and oxygen atoms in total. The zero-order valence-corrected chi connectivity index (χ0v) is 15.0. The van der Waals surface area contributed by atoms with Crippen LogP contribution in [-0.2, 0) is 18.3 Å². The maximum Gasteiger partial charge on any atom is 0.228 e. The van der Waals surface area contributed by atoms with E-state index in [9.17, 15) is 4.79 Å². The minimum Gasteiger partial charge on any atom is -0.341 e. The molecule has 2 aromatic heterocycles. The third-order valence-electron chi connectivity index (χ3n) is 5.47. The molecule has 0 aromatic carbocycles. The van der Waals surface area contributed by atoms with Gasteiger partial charge in [-0.3, -0.25) is 14.6 Å². The number of amides is 1. The molecular weight excluding hydrogens is 318 g/mol. The molecule has 134 valence electrons. The average molecular weight is 343 g/mol. The summed E-state index contributed by atoms with van der Waals surface area (Å²) in [5.41, 5.74) is 0.846. The fourth-order valence-electron chi connectivity index (χ4n) is 3.77. The van der Waals surface area contributed by atoms with Gasteiger partial charge in [-0.15, -0.1) is 5.10 Å². The number of carbonyl (C=O) groups excluding carboxylic acids is 1. The Kier molecular flexibility index (Phi) is 4.05. The van der Waals surface area contributed by atoms with Crippen molar-refractivity contribution < 1.29 is 4.79 Å². The molecule has 4 rings (SSSR count). The molecule has 1 N–H and O–H groups in total. The number of nitrogens with zero attached hydrogens (tertiary/aromatic N) is 6. The maximum atomic E-state index is 12.8. The number of aryl methyl sites for hydroxylation is 1. The molecule has 1 amide bonds. The summed E-state index contributed by atoms with van der Waals surface area (Å²) in [6.07, 6.45) is 4.54. The Balaban J connectivity index is 1.50. The number of aromatic nitrogens is 6. The second kappa shape index (κ2) is 6.24. The van der Waals surface area contributed by atoms with Gasteiger partial charge in [0.05, 0.1) is 18.3 Å². The molecule has 1 aliphatic carbocycles. The first-order chi connectivity index (χ1) is 12.0. The van der Waals surface area contributed by atoms with Gasteiger partial charge in [0.2, 0.25) is 5.91 Å². The fraction of sp³-hybridized carbons (Fsp3) is 0.706. The van der Waals surface area contributed by atoms with Crippen LogP contribution in [0.5, 0.6) is 0 Å². The van der Waals surface area contributed by atoms with Crippen LogP contribution in [0.2, 0.25) is 0 Å². The van der Waals surface area contributed by atoms with Crippen molar-refractivity contribution in [2.45, 2.75) is 44.9 Å². The lowest BCUT2D eigenvalue weighted by Gasteiger charge is -2.16. The Bertz CT molecular complexity index is 761. The number of rotatable bonds is 5. The predicted molar refractivity (Wildman–Crippen MR) is 90.7 cm³/mol. The van der Waals surface area contributed by atoms with Gasteiger partial charge in [-0.1, -0.05) is 19.1 Å². The molecular formula is C17H25N7O. The van der Waals surface area contributed by atoms with Crippen LogP contribution in [0.3, 0.4) is 0 Å². The van der Waals surface area contributed by atoms with E-state index in [1.807, 2.05) is 11.9 Å². The summed E-state index contributed by atoms with van der Waals surface area (Å²) in [7, 11) is 1.82. The summed E-state index contributed by atoms with van der Waals surface area (Å²) in [6.45, 7) is 5.73. The van der Waals surface area contributed by atoms with E-state index in [4.69, 9.17) is 4.98 Å². The monoisotopic (exact) mass is 343 g/mol. The molecule has 1 saturated carbocycles. The molecule has 25 heavy (non-hydrogen) atoms. The van der Waals surface area contributed by atoms with Crippen molar-refractivity contribution in [2.75, 3.05) is 13.1 Å². The van der Waals surface area contributed by atoms with Gasteiger partial charge in [0.15, 0.2) is 5.82 Å². The summed E-state index contributed by atoms with van der Waals surface area (Å²) in [4.78, 5) is 19.4. The van der Waals surface area contributed by atoms with Crippen molar-refractivity contribution in [3.05, 3.63) is 23.5 Å². The number of hydrogen-bond acceptors (Lipinski definition) is 5. The van der Waals surface area contributed by atoms with Gasteiger partial charge in [-0.2, -0.15) is 5.10 Å². The van der Waals surface area contributed by atoms with Crippen LogP contribution in [0.25, 0.3) is 0 Å². The van der Waals surface area contributed by atoms with Crippen LogP contribution in [0, 0.1) is 11.8 Å². The smallest absolute Gasteiger partial charge is 0.228 e. The number of H-pyrrole nitrogens is 1. The zero-order chi connectivity index (χ0) is 17.6. The van der Waals surface area contributed by atoms with Crippen molar-refractivity contribution in [3.8, 4) is 0 Å². The normalized spacial score (nSPS) is 23.6. The molecule has 1 aliphatic heterocycles. The Hall–Kier alpha value is -2.25. The molecule has 2 atom stereocenters. The number of aromatic amines is 1. The summed E-state index contributed by atoms with van der Waals surface area (Å²) >= 11 is 0. The Morgan fingerprint density at radius 2 is 2.16 bits per heavy atom. The van der Waals surface area contributed by atoms with Crippen molar-refractivity contribution >= 4 is 5.91 Å². The summed E-state index contributed by atoms with van der Waals surface area (Å²) in [5, 5.41) is 15.2. The van der Waals surface area contributed by atoms with Gasteiger partial charge >= 0.3 is 0 Å². The first kappa shape index (κ1) is 16.2. The van der Waals surface area contributed by atoms with Gasteiger partial charge in [-0.05, 0) is 24.7 Å².